The average Bonchev–Trinajstić information content (AvgIpc) is 3.04. The molecule has 0 radical (unpaired) electrons. The molecule has 0 aliphatic carbocycles. The normalized spacial score (nSPS) is 14.4. The summed E-state index contributed by atoms with van der Waals surface area (Å²) >= 11 is 1.56. The summed E-state index contributed by atoms with van der Waals surface area (Å²) in [6, 6.07) is 4.23. The Kier molecular flexibility index (Phi) is 8.62. The van der Waals surface area contributed by atoms with Crippen LogP contribution in [0.5, 0.6) is 0 Å². The van der Waals surface area contributed by atoms with Gasteiger partial charge in [-0.1, -0.05) is 0 Å². The molecule has 0 spiro atoms. The lowest BCUT2D eigenvalue weighted by Gasteiger charge is -2.31. The van der Waals surface area contributed by atoms with Crippen molar-refractivity contribution in [1.29, 1.82) is 0 Å². The maximum atomic E-state index is 12.4. The number of pyridine rings is 1. The third kappa shape index (κ3) is 5.14. The molecule has 0 saturated carbocycles. The van der Waals surface area contributed by atoms with Crippen LogP contribution in [0.15, 0.2) is 29.9 Å². The van der Waals surface area contributed by atoms with E-state index in [2.05, 4.69) is 15.3 Å². The van der Waals surface area contributed by atoms with Crippen molar-refractivity contribution in [3.8, 4) is 10.6 Å². The Morgan fingerprint density at radius 1 is 1.38 bits per heavy atom. The van der Waals surface area contributed by atoms with Gasteiger partial charge in [0.15, 0.2) is 0 Å². The molecule has 1 amide bonds. The number of amides is 1. The Bertz CT molecular complexity index is 632. The van der Waals surface area contributed by atoms with Gasteiger partial charge in [0.05, 0.1) is 12.1 Å². The zero-order chi connectivity index (χ0) is 15.4. The van der Waals surface area contributed by atoms with Crippen molar-refractivity contribution >= 4 is 42.1 Å². The fourth-order valence-electron chi connectivity index (χ4n) is 2.69. The highest BCUT2D eigenvalue weighted by atomic mass is 35.5. The number of hydrogen-bond donors (Lipinski definition) is 1. The van der Waals surface area contributed by atoms with Crippen molar-refractivity contribution in [2.75, 3.05) is 20.1 Å². The topological polar surface area (TPSA) is 58.1 Å². The lowest BCUT2D eigenvalue weighted by Crippen LogP contribution is -2.44. The Morgan fingerprint density at radius 3 is 2.79 bits per heavy atom. The molecule has 2 aromatic rings. The van der Waals surface area contributed by atoms with Gasteiger partial charge in [0, 0.05) is 36.4 Å². The van der Waals surface area contributed by atoms with E-state index in [1.165, 1.54) is 0 Å². The summed E-state index contributed by atoms with van der Waals surface area (Å²) in [6.07, 6.45) is 5.97. The summed E-state index contributed by atoms with van der Waals surface area (Å²) in [7, 11) is 1.91. The first-order valence-corrected chi connectivity index (χ1v) is 8.43. The summed E-state index contributed by atoms with van der Waals surface area (Å²) in [4.78, 5) is 23.0. The number of piperidine rings is 1. The monoisotopic (exact) mass is 388 g/mol. The molecule has 1 fully saturated rings. The second-order valence-corrected chi connectivity index (χ2v) is 6.41. The van der Waals surface area contributed by atoms with Crippen LogP contribution in [0.3, 0.4) is 0 Å². The first-order chi connectivity index (χ1) is 10.7. The number of carbonyl (C=O) groups is 1. The minimum Gasteiger partial charge on any atom is -0.342 e. The number of likely N-dealkylation sites (N-methyl/N-ethyl adjacent to an activating group) is 1. The van der Waals surface area contributed by atoms with Crippen molar-refractivity contribution in [3.05, 3.63) is 35.6 Å². The number of nitrogens with one attached hydrogen (secondary N) is 1. The number of thiazole rings is 1. The molecule has 3 heterocycles. The molecule has 0 unspecified atom stereocenters. The maximum absolute atomic E-state index is 12.4. The molecule has 1 aliphatic heterocycles. The third-order valence-corrected chi connectivity index (χ3v) is 4.98. The highest BCUT2D eigenvalue weighted by Gasteiger charge is 2.22. The van der Waals surface area contributed by atoms with Crippen molar-refractivity contribution in [3.63, 3.8) is 0 Å². The molecule has 0 atom stereocenters. The number of hydrogen-bond acceptors (Lipinski definition) is 5. The van der Waals surface area contributed by atoms with Gasteiger partial charge >= 0.3 is 0 Å². The molecule has 3 rings (SSSR count). The van der Waals surface area contributed by atoms with Crippen LogP contribution in [0, 0.1) is 0 Å². The van der Waals surface area contributed by atoms with Crippen LogP contribution < -0.4 is 5.32 Å². The second-order valence-electron chi connectivity index (χ2n) is 5.55. The number of halogens is 2. The smallest absolute Gasteiger partial charge is 0.228 e. The standard InChI is InChI=1S/C16H20N4OS.2ClH/c1-20(14-4-7-17-8-5-14)15(21)9-13-11-22-16(19-13)12-3-2-6-18-10-12;;/h2-3,6,10-11,14,17H,4-5,7-9H2,1H3;2*1H. The Balaban J connectivity index is 0.00000144. The van der Waals surface area contributed by atoms with Gasteiger partial charge in [0.25, 0.3) is 0 Å². The first-order valence-electron chi connectivity index (χ1n) is 7.55. The van der Waals surface area contributed by atoms with E-state index in [1.54, 1.807) is 23.7 Å². The van der Waals surface area contributed by atoms with Crippen molar-refractivity contribution in [2.24, 2.45) is 0 Å². The summed E-state index contributed by atoms with van der Waals surface area (Å²) in [6.45, 7) is 1.98. The van der Waals surface area contributed by atoms with Crippen LogP contribution in [0.2, 0.25) is 0 Å². The number of rotatable bonds is 4. The predicted octanol–water partition coefficient (Wildman–Crippen LogP) is 2.80. The fraction of sp³-hybridized carbons (Fsp3) is 0.438. The van der Waals surface area contributed by atoms with E-state index < -0.39 is 0 Å². The molecule has 1 saturated heterocycles. The van der Waals surface area contributed by atoms with Crippen molar-refractivity contribution in [2.45, 2.75) is 25.3 Å². The van der Waals surface area contributed by atoms with Gasteiger partial charge < -0.3 is 10.2 Å². The van der Waals surface area contributed by atoms with Crippen LogP contribution >= 0.6 is 36.2 Å². The number of nitrogens with zero attached hydrogens (tertiary/aromatic N) is 3. The van der Waals surface area contributed by atoms with Crippen LogP contribution in [0.4, 0.5) is 0 Å². The average molecular weight is 389 g/mol. The molecule has 1 N–H and O–H groups in total. The van der Waals surface area contributed by atoms with Gasteiger partial charge in [-0.3, -0.25) is 9.78 Å². The lowest BCUT2D eigenvalue weighted by atomic mass is 10.0. The molecule has 1 aliphatic rings. The van der Waals surface area contributed by atoms with Gasteiger partial charge in [0.1, 0.15) is 5.01 Å². The third-order valence-electron chi connectivity index (χ3n) is 4.04. The Labute approximate surface area is 158 Å². The number of carbonyl (C=O) groups excluding carboxylic acids is 1. The minimum absolute atomic E-state index is 0. The van der Waals surface area contributed by atoms with E-state index in [0.29, 0.717) is 12.5 Å². The minimum atomic E-state index is 0. The van der Waals surface area contributed by atoms with Gasteiger partial charge in [-0.25, -0.2) is 4.98 Å². The van der Waals surface area contributed by atoms with Gasteiger partial charge in [-0.05, 0) is 38.1 Å². The molecule has 0 bridgehead atoms. The fourth-order valence-corrected chi connectivity index (χ4v) is 3.50. The van der Waals surface area contributed by atoms with E-state index in [-0.39, 0.29) is 30.7 Å². The van der Waals surface area contributed by atoms with Gasteiger partial charge in [-0.2, -0.15) is 0 Å². The predicted molar refractivity (Wildman–Crippen MR) is 102 cm³/mol. The number of aromatic nitrogens is 2. The molecule has 2 aromatic heterocycles. The quantitative estimate of drug-likeness (QED) is 0.874. The van der Waals surface area contributed by atoms with E-state index >= 15 is 0 Å². The van der Waals surface area contributed by atoms with Crippen molar-refractivity contribution < 1.29 is 4.79 Å². The highest BCUT2D eigenvalue weighted by molar-refractivity contribution is 7.13. The highest BCUT2D eigenvalue weighted by Crippen LogP contribution is 2.23. The maximum Gasteiger partial charge on any atom is 0.228 e. The lowest BCUT2D eigenvalue weighted by molar-refractivity contribution is -0.131. The molecule has 0 aromatic carbocycles. The largest absolute Gasteiger partial charge is 0.342 e. The summed E-state index contributed by atoms with van der Waals surface area (Å²) < 4.78 is 0. The van der Waals surface area contributed by atoms with Crippen molar-refractivity contribution in [1.82, 2.24) is 20.2 Å². The van der Waals surface area contributed by atoms with E-state index in [0.717, 1.165) is 42.2 Å². The van der Waals surface area contributed by atoms with Crippen LogP contribution in [0.1, 0.15) is 18.5 Å². The van der Waals surface area contributed by atoms with Crippen LogP contribution in [-0.2, 0) is 11.2 Å². The Morgan fingerprint density at radius 2 is 2.12 bits per heavy atom. The molecular weight excluding hydrogens is 367 g/mol. The first kappa shape index (κ1) is 20.8. The summed E-state index contributed by atoms with van der Waals surface area (Å²) in [5.41, 5.74) is 1.84. The molecule has 5 nitrogen and oxygen atoms in total. The van der Waals surface area contributed by atoms with E-state index in [1.807, 2.05) is 29.5 Å². The van der Waals surface area contributed by atoms with E-state index in [4.69, 9.17) is 0 Å². The zero-order valence-electron chi connectivity index (χ0n) is 13.5. The summed E-state index contributed by atoms with van der Waals surface area (Å²) in [5, 5.41) is 6.21. The molecule has 24 heavy (non-hydrogen) atoms. The molecule has 8 heteroatoms. The van der Waals surface area contributed by atoms with Crippen LogP contribution in [0.25, 0.3) is 10.6 Å². The van der Waals surface area contributed by atoms with Gasteiger partial charge in [0.2, 0.25) is 5.91 Å². The molecule has 132 valence electrons. The molecular formula is C16H22Cl2N4OS. The Hall–Kier alpha value is -1.21. The summed E-state index contributed by atoms with van der Waals surface area (Å²) in [5.74, 6) is 0.148. The van der Waals surface area contributed by atoms with Gasteiger partial charge in [-0.15, -0.1) is 36.2 Å². The second kappa shape index (κ2) is 9.93. The SMILES string of the molecule is CN(C(=O)Cc1csc(-c2cccnc2)n1)C1CCNCC1.Cl.Cl. The van der Waals surface area contributed by atoms with E-state index in [9.17, 15) is 4.79 Å². The zero-order valence-corrected chi connectivity index (χ0v) is 15.9. The van der Waals surface area contributed by atoms with Crippen LogP contribution in [-0.4, -0.2) is 47.0 Å².